The highest BCUT2D eigenvalue weighted by Crippen LogP contribution is 2.31. The third-order valence-corrected chi connectivity index (χ3v) is 5.18. The molecular formula is C22H22ClFN6O3. The molecule has 0 aliphatic carbocycles. The standard InChI is InChI=1S/C22H22ClFN6O3/c1-10-19(31)15-7-13(24)6-14(21(15)33-20(10)12(8-25)9-27-3)11(2)28-16-4-5-17(23)29-18(16)22(26)30-32/h4-9,11,28,32H,25H2,1-3H3,(H2,26,30)/b12-8+,27-9?. The van der Waals surface area contributed by atoms with E-state index < -0.39 is 17.3 Å². The first-order valence-corrected chi connectivity index (χ1v) is 10.1. The Kier molecular flexibility index (Phi) is 6.98. The molecule has 0 fully saturated rings. The summed E-state index contributed by atoms with van der Waals surface area (Å²) in [7, 11) is 1.56. The summed E-state index contributed by atoms with van der Waals surface area (Å²) in [5, 5.41) is 15.4. The molecule has 9 nitrogen and oxygen atoms in total. The Hall–Kier alpha value is -3.92. The maximum atomic E-state index is 14.5. The second-order valence-electron chi connectivity index (χ2n) is 7.15. The zero-order valence-corrected chi connectivity index (χ0v) is 18.8. The van der Waals surface area contributed by atoms with Gasteiger partial charge in [0, 0.05) is 30.6 Å². The van der Waals surface area contributed by atoms with Crippen LogP contribution in [-0.2, 0) is 0 Å². The predicted molar refractivity (Wildman–Crippen MR) is 128 cm³/mol. The number of hydrogen-bond donors (Lipinski definition) is 4. The van der Waals surface area contributed by atoms with Gasteiger partial charge in [-0.3, -0.25) is 9.79 Å². The minimum atomic E-state index is -0.610. The number of fused-ring (bicyclic) bond motifs is 1. The van der Waals surface area contributed by atoms with Gasteiger partial charge in [0.05, 0.1) is 22.7 Å². The molecule has 0 saturated carbocycles. The quantitative estimate of drug-likeness (QED) is 0.141. The molecule has 0 spiro atoms. The van der Waals surface area contributed by atoms with E-state index in [9.17, 15) is 9.18 Å². The summed E-state index contributed by atoms with van der Waals surface area (Å²) in [5.74, 6) is -0.648. The van der Waals surface area contributed by atoms with Crippen LogP contribution in [0.1, 0.15) is 35.5 Å². The van der Waals surface area contributed by atoms with Crippen molar-refractivity contribution in [3.8, 4) is 0 Å². The number of nitrogens with one attached hydrogen (secondary N) is 1. The van der Waals surface area contributed by atoms with Crippen molar-refractivity contribution in [3.63, 3.8) is 0 Å². The first-order valence-electron chi connectivity index (χ1n) is 9.74. The molecule has 172 valence electrons. The number of amidine groups is 1. The highest BCUT2D eigenvalue weighted by molar-refractivity contribution is 6.29. The summed E-state index contributed by atoms with van der Waals surface area (Å²) < 4.78 is 20.6. The third kappa shape index (κ3) is 4.65. The predicted octanol–water partition coefficient (Wildman–Crippen LogP) is 3.56. The number of nitrogens with zero attached hydrogens (tertiary/aromatic N) is 3. The second-order valence-corrected chi connectivity index (χ2v) is 7.53. The normalized spacial score (nSPS) is 13.6. The number of oxime groups is 1. The maximum Gasteiger partial charge on any atom is 0.196 e. The van der Waals surface area contributed by atoms with Crippen molar-refractivity contribution in [2.75, 3.05) is 12.4 Å². The van der Waals surface area contributed by atoms with E-state index in [1.807, 2.05) is 0 Å². The van der Waals surface area contributed by atoms with Crippen molar-refractivity contribution in [2.45, 2.75) is 19.9 Å². The largest absolute Gasteiger partial charge is 0.455 e. The Bertz CT molecular complexity index is 1370. The number of aromatic nitrogens is 1. The molecule has 0 bridgehead atoms. The van der Waals surface area contributed by atoms with Crippen LogP contribution in [-0.4, -0.2) is 29.3 Å². The van der Waals surface area contributed by atoms with Crippen molar-refractivity contribution >= 4 is 45.9 Å². The highest BCUT2D eigenvalue weighted by atomic mass is 35.5. The van der Waals surface area contributed by atoms with Crippen LogP contribution in [0, 0.1) is 12.7 Å². The van der Waals surface area contributed by atoms with Gasteiger partial charge < -0.3 is 26.4 Å². The number of aliphatic imine (C=N–C) groups is 1. The van der Waals surface area contributed by atoms with Gasteiger partial charge in [0.15, 0.2) is 11.3 Å². The lowest BCUT2D eigenvalue weighted by Gasteiger charge is -2.19. The van der Waals surface area contributed by atoms with Crippen molar-refractivity contribution in [3.05, 3.63) is 74.2 Å². The summed E-state index contributed by atoms with van der Waals surface area (Å²) in [6, 6.07) is 4.88. The fourth-order valence-electron chi connectivity index (χ4n) is 3.40. The number of benzene rings is 1. The van der Waals surface area contributed by atoms with Crippen molar-refractivity contribution in [1.82, 2.24) is 4.98 Å². The number of pyridine rings is 1. The van der Waals surface area contributed by atoms with Crippen molar-refractivity contribution in [2.24, 2.45) is 21.6 Å². The van der Waals surface area contributed by atoms with Gasteiger partial charge in [0.1, 0.15) is 28.0 Å². The molecule has 1 aromatic carbocycles. The minimum Gasteiger partial charge on any atom is -0.455 e. The van der Waals surface area contributed by atoms with E-state index in [-0.39, 0.29) is 39.0 Å². The number of anilines is 1. The van der Waals surface area contributed by atoms with Crippen LogP contribution in [0.4, 0.5) is 10.1 Å². The van der Waals surface area contributed by atoms with Gasteiger partial charge in [-0.1, -0.05) is 16.8 Å². The number of halogens is 2. The molecule has 0 aliphatic heterocycles. The van der Waals surface area contributed by atoms with E-state index in [1.165, 1.54) is 24.5 Å². The van der Waals surface area contributed by atoms with Gasteiger partial charge in [-0.2, -0.15) is 0 Å². The summed E-state index contributed by atoms with van der Waals surface area (Å²) in [6.45, 7) is 3.30. The molecule has 2 aromatic heterocycles. The molecule has 6 N–H and O–H groups in total. The average molecular weight is 473 g/mol. The van der Waals surface area contributed by atoms with E-state index in [0.717, 1.165) is 6.07 Å². The van der Waals surface area contributed by atoms with Crippen molar-refractivity contribution in [1.29, 1.82) is 0 Å². The first kappa shape index (κ1) is 23.7. The number of hydrogen-bond acceptors (Lipinski definition) is 8. The lowest BCUT2D eigenvalue weighted by Crippen LogP contribution is -2.19. The lowest BCUT2D eigenvalue weighted by atomic mass is 10.0. The number of rotatable bonds is 6. The molecule has 0 radical (unpaired) electrons. The first-order chi connectivity index (χ1) is 15.7. The van der Waals surface area contributed by atoms with E-state index in [1.54, 1.807) is 27.0 Å². The number of allylic oxidation sites excluding steroid dienone is 1. The Morgan fingerprint density at radius 1 is 1.39 bits per heavy atom. The summed E-state index contributed by atoms with van der Waals surface area (Å²) in [6.07, 6.45) is 2.74. The molecule has 0 aliphatic rings. The second kappa shape index (κ2) is 9.70. The Balaban J connectivity index is 2.21. The summed E-state index contributed by atoms with van der Waals surface area (Å²) >= 11 is 5.93. The third-order valence-electron chi connectivity index (χ3n) is 4.97. The van der Waals surface area contributed by atoms with Crippen LogP contribution in [0.3, 0.4) is 0 Å². The van der Waals surface area contributed by atoms with E-state index in [2.05, 4.69) is 20.4 Å². The molecule has 2 heterocycles. The van der Waals surface area contributed by atoms with Gasteiger partial charge in [-0.15, -0.1) is 0 Å². The molecule has 0 saturated heterocycles. The van der Waals surface area contributed by atoms with Gasteiger partial charge in [0.25, 0.3) is 0 Å². The smallest absolute Gasteiger partial charge is 0.196 e. The Morgan fingerprint density at radius 3 is 2.76 bits per heavy atom. The summed E-state index contributed by atoms with van der Waals surface area (Å²) in [5.41, 5.74) is 12.7. The van der Waals surface area contributed by atoms with Gasteiger partial charge >= 0.3 is 0 Å². The lowest BCUT2D eigenvalue weighted by molar-refractivity contribution is 0.318. The zero-order chi connectivity index (χ0) is 24.3. The SMILES string of the molecule is CN=C/C(=C\N)c1oc2c(C(C)Nc3ccc(Cl)nc3/C(N)=N/O)cc(F)cc2c(=O)c1C. The van der Waals surface area contributed by atoms with Gasteiger partial charge in [0.2, 0.25) is 0 Å². The van der Waals surface area contributed by atoms with Crippen LogP contribution in [0.2, 0.25) is 5.15 Å². The monoisotopic (exact) mass is 472 g/mol. The zero-order valence-electron chi connectivity index (χ0n) is 18.1. The van der Waals surface area contributed by atoms with E-state index in [4.69, 9.17) is 32.7 Å². The molecule has 33 heavy (non-hydrogen) atoms. The molecular weight excluding hydrogens is 451 g/mol. The average Bonchev–Trinajstić information content (AvgIpc) is 2.80. The molecule has 3 rings (SSSR count). The summed E-state index contributed by atoms with van der Waals surface area (Å²) in [4.78, 5) is 21.0. The maximum absolute atomic E-state index is 14.5. The van der Waals surface area contributed by atoms with Gasteiger partial charge in [-0.25, -0.2) is 9.37 Å². The van der Waals surface area contributed by atoms with Crippen molar-refractivity contribution < 1.29 is 14.0 Å². The molecule has 1 atom stereocenters. The molecule has 0 amide bonds. The van der Waals surface area contributed by atoms with Crippen LogP contribution in [0.25, 0.3) is 16.5 Å². The fourth-order valence-corrected chi connectivity index (χ4v) is 3.55. The molecule has 1 unspecified atom stereocenters. The fraction of sp³-hybridized carbons (Fsp3) is 0.182. The van der Waals surface area contributed by atoms with Crippen LogP contribution in [0.15, 0.2) is 49.8 Å². The van der Waals surface area contributed by atoms with E-state index >= 15 is 0 Å². The van der Waals surface area contributed by atoms with Crippen LogP contribution in [0.5, 0.6) is 0 Å². The minimum absolute atomic E-state index is 0.0793. The van der Waals surface area contributed by atoms with Gasteiger partial charge in [-0.05, 0) is 38.1 Å². The van der Waals surface area contributed by atoms with E-state index in [0.29, 0.717) is 16.8 Å². The Morgan fingerprint density at radius 2 is 2.12 bits per heavy atom. The molecule has 3 aromatic rings. The topological polar surface area (TPSA) is 152 Å². The highest BCUT2D eigenvalue weighted by Gasteiger charge is 2.21. The Labute approximate surface area is 193 Å². The molecule has 11 heteroatoms. The number of nitrogens with two attached hydrogens (primary N) is 2. The van der Waals surface area contributed by atoms with Crippen LogP contribution >= 0.6 is 11.6 Å². The van der Waals surface area contributed by atoms with Crippen LogP contribution < -0.4 is 22.2 Å².